The normalized spacial score (nSPS) is 15.9. The summed E-state index contributed by atoms with van der Waals surface area (Å²) in [4.78, 5) is 0. The largest absolute Gasteiger partial charge is 0.378 e. The Morgan fingerprint density at radius 1 is 1.15 bits per heavy atom. The van der Waals surface area contributed by atoms with Crippen LogP contribution in [0.2, 0.25) is 0 Å². The van der Waals surface area contributed by atoms with Gasteiger partial charge in [0.1, 0.15) is 5.82 Å². The lowest BCUT2D eigenvalue weighted by molar-refractivity contribution is 0.620. The summed E-state index contributed by atoms with van der Waals surface area (Å²) in [6.45, 7) is 2.10. The van der Waals surface area contributed by atoms with Gasteiger partial charge in [-0.3, -0.25) is 0 Å². The Bertz CT molecular complexity index is 605. The van der Waals surface area contributed by atoms with Gasteiger partial charge >= 0.3 is 0 Å². The molecule has 0 heterocycles. The molecule has 3 rings (SSSR count). The highest BCUT2D eigenvalue weighted by atomic mass is 79.9. The minimum Gasteiger partial charge on any atom is -0.378 e. The van der Waals surface area contributed by atoms with Crippen LogP contribution in [-0.2, 0) is 0 Å². The second kappa shape index (κ2) is 5.57. The maximum absolute atomic E-state index is 13.3. The molecule has 0 bridgehead atoms. The number of nitrogens with one attached hydrogen (secondary N) is 1. The first kappa shape index (κ1) is 13.6. The summed E-state index contributed by atoms with van der Waals surface area (Å²) >= 11 is 3.24. The van der Waals surface area contributed by atoms with E-state index in [9.17, 15) is 4.39 Å². The van der Waals surface area contributed by atoms with Crippen molar-refractivity contribution in [1.29, 1.82) is 0 Å². The van der Waals surface area contributed by atoms with E-state index in [1.807, 2.05) is 0 Å². The van der Waals surface area contributed by atoms with Crippen LogP contribution in [0.1, 0.15) is 30.0 Å². The van der Waals surface area contributed by atoms with Crippen LogP contribution in [0.3, 0.4) is 0 Å². The van der Waals surface area contributed by atoms with Crippen LogP contribution >= 0.6 is 15.9 Å². The Morgan fingerprint density at radius 3 is 2.45 bits per heavy atom. The molecule has 2 aromatic rings. The number of aryl methyl sites for hydroxylation is 1. The maximum Gasteiger partial charge on any atom is 0.137 e. The molecule has 104 valence electrons. The fourth-order valence-electron chi connectivity index (χ4n) is 2.44. The standard InChI is InChI=1S/C17H17BrFN/c1-11-2-4-12(5-3-11)17(13-6-7-13)20-14-8-9-16(19)15(18)10-14/h2-5,8-10,13,17,20H,6-7H2,1H3. The molecule has 0 saturated heterocycles. The van der Waals surface area contributed by atoms with E-state index < -0.39 is 0 Å². The van der Waals surface area contributed by atoms with Crippen molar-refractivity contribution < 1.29 is 4.39 Å². The Labute approximate surface area is 127 Å². The summed E-state index contributed by atoms with van der Waals surface area (Å²) in [5, 5.41) is 3.55. The molecule has 1 atom stereocenters. The topological polar surface area (TPSA) is 12.0 Å². The maximum atomic E-state index is 13.3. The summed E-state index contributed by atoms with van der Waals surface area (Å²) in [6.07, 6.45) is 2.52. The first-order chi connectivity index (χ1) is 9.63. The number of halogens is 2. The summed E-state index contributed by atoms with van der Waals surface area (Å²) in [5.41, 5.74) is 3.53. The predicted molar refractivity (Wildman–Crippen MR) is 84.4 cm³/mol. The molecule has 20 heavy (non-hydrogen) atoms. The average molecular weight is 334 g/mol. The molecule has 1 N–H and O–H groups in total. The zero-order valence-electron chi connectivity index (χ0n) is 11.4. The lowest BCUT2D eigenvalue weighted by atomic mass is 10.0. The zero-order chi connectivity index (χ0) is 14.1. The van der Waals surface area contributed by atoms with Crippen LogP contribution in [0.4, 0.5) is 10.1 Å². The Hall–Kier alpha value is -1.35. The third kappa shape index (κ3) is 3.04. The van der Waals surface area contributed by atoms with E-state index in [4.69, 9.17) is 0 Å². The van der Waals surface area contributed by atoms with E-state index >= 15 is 0 Å². The summed E-state index contributed by atoms with van der Waals surface area (Å²) in [6, 6.07) is 14.1. The van der Waals surface area contributed by atoms with Crippen molar-refractivity contribution in [2.45, 2.75) is 25.8 Å². The summed E-state index contributed by atoms with van der Waals surface area (Å²) < 4.78 is 13.8. The van der Waals surface area contributed by atoms with E-state index in [2.05, 4.69) is 52.4 Å². The number of benzene rings is 2. The highest BCUT2D eigenvalue weighted by molar-refractivity contribution is 9.10. The SMILES string of the molecule is Cc1ccc(C(Nc2ccc(F)c(Br)c2)C2CC2)cc1. The molecule has 1 aliphatic rings. The molecule has 1 aliphatic carbocycles. The fraction of sp³-hybridized carbons (Fsp3) is 0.294. The van der Waals surface area contributed by atoms with Crippen LogP contribution in [0.25, 0.3) is 0 Å². The van der Waals surface area contributed by atoms with Crippen molar-refractivity contribution >= 4 is 21.6 Å². The second-order valence-electron chi connectivity index (χ2n) is 5.50. The van der Waals surface area contributed by atoms with Gasteiger partial charge < -0.3 is 5.32 Å². The van der Waals surface area contributed by atoms with Gasteiger partial charge in [0.15, 0.2) is 0 Å². The smallest absolute Gasteiger partial charge is 0.137 e. The molecule has 1 unspecified atom stereocenters. The lowest BCUT2D eigenvalue weighted by Crippen LogP contribution is -2.13. The van der Waals surface area contributed by atoms with Gasteiger partial charge in [-0.2, -0.15) is 0 Å². The average Bonchev–Trinajstić information content (AvgIpc) is 3.26. The Kier molecular flexibility index (Phi) is 3.79. The van der Waals surface area contributed by atoms with Gasteiger partial charge in [-0.15, -0.1) is 0 Å². The molecule has 0 spiro atoms. The Balaban J connectivity index is 1.84. The molecule has 0 aromatic heterocycles. The lowest BCUT2D eigenvalue weighted by Gasteiger charge is -2.20. The van der Waals surface area contributed by atoms with Gasteiger partial charge in [0.05, 0.1) is 10.5 Å². The van der Waals surface area contributed by atoms with Crippen LogP contribution in [-0.4, -0.2) is 0 Å². The summed E-state index contributed by atoms with van der Waals surface area (Å²) in [7, 11) is 0. The third-order valence-electron chi connectivity index (χ3n) is 3.77. The third-order valence-corrected chi connectivity index (χ3v) is 4.38. The van der Waals surface area contributed by atoms with Gasteiger partial charge in [0.25, 0.3) is 0 Å². The molecule has 0 radical (unpaired) electrons. The molecule has 0 aliphatic heterocycles. The molecular formula is C17H17BrFN. The van der Waals surface area contributed by atoms with Crippen LogP contribution in [0.5, 0.6) is 0 Å². The molecule has 2 aromatic carbocycles. The zero-order valence-corrected chi connectivity index (χ0v) is 13.0. The molecular weight excluding hydrogens is 317 g/mol. The van der Waals surface area contributed by atoms with Crippen molar-refractivity contribution in [2.24, 2.45) is 5.92 Å². The van der Waals surface area contributed by atoms with Gasteiger partial charge in [-0.25, -0.2) is 4.39 Å². The number of hydrogen-bond donors (Lipinski definition) is 1. The quantitative estimate of drug-likeness (QED) is 0.783. The van der Waals surface area contributed by atoms with Crippen LogP contribution in [0, 0.1) is 18.7 Å². The first-order valence-electron chi connectivity index (χ1n) is 6.91. The molecule has 1 nitrogen and oxygen atoms in total. The minimum atomic E-state index is -0.228. The van der Waals surface area contributed by atoms with E-state index in [1.54, 1.807) is 12.1 Å². The second-order valence-corrected chi connectivity index (χ2v) is 6.35. The fourth-order valence-corrected chi connectivity index (χ4v) is 2.82. The molecule has 3 heteroatoms. The van der Waals surface area contributed by atoms with Crippen molar-refractivity contribution in [3.05, 3.63) is 63.9 Å². The minimum absolute atomic E-state index is 0.228. The van der Waals surface area contributed by atoms with Crippen molar-refractivity contribution in [3.63, 3.8) is 0 Å². The van der Waals surface area contributed by atoms with Crippen molar-refractivity contribution in [2.75, 3.05) is 5.32 Å². The van der Waals surface area contributed by atoms with Crippen molar-refractivity contribution in [3.8, 4) is 0 Å². The predicted octanol–water partition coefficient (Wildman–Crippen LogP) is 5.46. The number of hydrogen-bond acceptors (Lipinski definition) is 1. The van der Waals surface area contributed by atoms with Gasteiger partial charge in [0, 0.05) is 5.69 Å². The highest BCUT2D eigenvalue weighted by Crippen LogP contribution is 2.43. The van der Waals surface area contributed by atoms with Crippen molar-refractivity contribution in [1.82, 2.24) is 0 Å². The number of anilines is 1. The van der Waals surface area contributed by atoms with E-state index in [1.165, 1.54) is 30.0 Å². The van der Waals surface area contributed by atoms with Gasteiger partial charge in [-0.1, -0.05) is 29.8 Å². The van der Waals surface area contributed by atoms with E-state index in [0.717, 1.165) is 5.69 Å². The first-order valence-corrected chi connectivity index (χ1v) is 7.71. The van der Waals surface area contributed by atoms with E-state index in [0.29, 0.717) is 16.4 Å². The molecule has 1 fully saturated rings. The van der Waals surface area contributed by atoms with Crippen LogP contribution < -0.4 is 5.32 Å². The molecule has 0 amide bonds. The molecule has 1 saturated carbocycles. The Morgan fingerprint density at radius 2 is 1.85 bits per heavy atom. The van der Waals surface area contributed by atoms with Crippen LogP contribution in [0.15, 0.2) is 46.9 Å². The van der Waals surface area contributed by atoms with Gasteiger partial charge in [-0.05, 0) is 65.4 Å². The monoisotopic (exact) mass is 333 g/mol. The summed E-state index contributed by atoms with van der Waals surface area (Å²) in [5.74, 6) is 0.454. The van der Waals surface area contributed by atoms with E-state index in [-0.39, 0.29) is 5.82 Å². The number of rotatable bonds is 4. The van der Waals surface area contributed by atoms with Gasteiger partial charge in [0.2, 0.25) is 0 Å². The highest BCUT2D eigenvalue weighted by Gasteiger charge is 2.32.